The van der Waals surface area contributed by atoms with Crippen LogP contribution in [-0.4, -0.2) is 37.4 Å². The zero-order valence-corrected chi connectivity index (χ0v) is 17.7. The van der Waals surface area contributed by atoms with Crippen LogP contribution in [0.25, 0.3) is 0 Å². The molecule has 2 aromatic rings. The number of hydrazine groups is 1. The van der Waals surface area contributed by atoms with Gasteiger partial charge in [-0.25, -0.2) is 10.9 Å². The molecule has 2 unspecified atom stereocenters. The topological polar surface area (TPSA) is 86.8 Å². The van der Waals surface area contributed by atoms with Gasteiger partial charge in [-0.15, -0.1) is 0 Å². The number of aliphatic imine (C=N–C) groups is 1. The molecular formula is C21H21F6N5O2. The lowest BCUT2D eigenvalue weighted by molar-refractivity contribution is -0.153. The predicted molar refractivity (Wildman–Crippen MR) is 111 cm³/mol. The van der Waals surface area contributed by atoms with Gasteiger partial charge in [-0.1, -0.05) is 18.2 Å². The smallest absolute Gasteiger partial charge is 0.416 e. The number of ether oxygens (including phenoxy) is 1. The van der Waals surface area contributed by atoms with E-state index in [1.165, 1.54) is 7.11 Å². The van der Waals surface area contributed by atoms with Crippen molar-refractivity contribution in [1.82, 2.24) is 21.5 Å². The maximum absolute atomic E-state index is 12.9. The van der Waals surface area contributed by atoms with Crippen molar-refractivity contribution in [3.8, 4) is 5.75 Å². The molecule has 4 N–H and O–H groups in total. The van der Waals surface area contributed by atoms with Crippen LogP contribution < -0.4 is 26.2 Å². The Morgan fingerprint density at radius 2 is 1.74 bits per heavy atom. The molecule has 0 saturated carbocycles. The number of rotatable bonds is 5. The van der Waals surface area contributed by atoms with E-state index in [1.54, 1.807) is 24.3 Å². The molecule has 2 atom stereocenters. The molecule has 0 radical (unpaired) electrons. The molecule has 1 aliphatic rings. The van der Waals surface area contributed by atoms with E-state index in [-0.39, 0.29) is 18.1 Å². The molecule has 1 fully saturated rings. The van der Waals surface area contributed by atoms with Gasteiger partial charge in [-0.3, -0.25) is 4.79 Å². The fourth-order valence-electron chi connectivity index (χ4n) is 3.15. The first-order valence-corrected chi connectivity index (χ1v) is 9.97. The number of carbonyl (C=O) groups is 1. The molecule has 1 amide bonds. The van der Waals surface area contributed by atoms with Crippen molar-refractivity contribution >= 4 is 11.9 Å². The van der Waals surface area contributed by atoms with Gasteiger partial charge in [0, 0.05) is 24.1 Å². The van der Waals surface area contributed by atoms with Crippen LogP contribution >= 0.6 is 0 Å². The van der Waals surface area contributed by atoms with Crippen molar-refractivity contribution < 1.29 is 35.9 Å². The summed E-state index contributed by atoms with van der Waals surface area (Å²) in [5.74, 6) is -0.527. The van der Waals surface area contributed by atoms with E-state index in [2.05, 4.69) is 26.5 Å². The second kappa shape index (κ2) is 10.3. The van der Waals surface area contributed by atoms with Crippen LogP contribution in [0.1, 0.15) is 27.9 Å². The van der Waals surface area contributed by atoms with Crippen LogP contribution in [0.2, 0.25) is 0 Å². The largest absolute Gasteiger partial charge is 0.496 e. The lowest BCUT2D eigenvalue weighted by atomic mass is 10.1. The number of nitrogens with zero attached hydrogens (tertiary/aromatic N) is 1. The molecule has 3 rings (SSSR count). The molecule has 1 aliphatic heterocycles. The molecule has 0 aromatic heterocycles. The zero-order valence-electron chi connectivity index (χ0n) is 17.7. The minimum atomic E-state index is -4.57. The molecule has 1 heterocycles. The Hall–Kier alpha value is -3.32. The van der Waals surface area contributed by atoms with Crippen LogP contribution in [0.15, 0.2) is 53.5 Å². The second-order valence-electron chi connectivity index (χ2n) is 7.32. The first kappa shape index (κ1) is 25.3. The average molecular weight is 489 g/mol. The number of carbonyl (C=O) groups excluding carboxylic acids is 1. The third kappa shape index (κ3) is 6.60. The zero-order chi connectivity index (χ0) is 24.9. The minimum absolute atomic E-state index is 0.0962. The Bertz CT molecular complexity index is 1020. The summed E-state index contributed by atoms with van der Waals surface area (Å²) in [5.41, 5.74) is 4.17. The average Bonchev–Trinajstić information content (AvgIpc) is 3.26. The van der Waals surface area contributed by atoms with Crippen LogP contribution in [-0.2, 0) is 12.7 Å². The summed E-state index contributed by atoms with van der Waals surface area (Å²) in [6.07, 6.45) is -10.4. The summed E-state index contributed by atoms with van der Waals surface area (Å²) in [7, 11) is 1.46. The predicted octanol–water partition coefficient (Wildman–Crippen LogP) is 3.34. The van der Waals surface area contributed by atoms with Gasteiger partial charge < -0.3 is 15.4 Å². The highest BCUT2D eigenvalue weighted by Crippen LogP contribution is 2.29. The molecule has 2 aromatic carbocycles. The monoisotopic (exact) mass is 489 g/mol. The third-order valence-corrected chi connectivity index (χ3v) is 4.92. The quantitative estimate of drug-likeness (QED) is 0.293. The molecule has 1 saturated heterocycles. The molecule has 0 aliphatic carbocycles. The lowest BCUT2D eigenvalue weighted by Crippen LogP contribution is -2.49. The van der Waals surface area contributed by atoms with E-state index in [0.717, 1.165) is 24.3 Å². The Balaban J connectivity index is 1.78. The van der Waals surface area contributed by atoms with E-state index >= 15 is 0 Å². The van der Waals surface area contributed by atoms with Gasteiger partial charge >= 0.3 is 12.4 Å². The summed E-state index contributed by atoms with van der Waals surface area (Å²) in [6.45, 7) is 0.0962. The summed E-state index contributed by atoms with van der Waals surface area (Å²) >= 11 is 0. The molecule has 0 bridgehead atoms. The molecule has 34 heavy (non-hydrogen) atoms. The van der Waals surface area contributed by atoms with Gasteiger partial charge in [0.05, 0.1) is 18.8 Å². The summed E-state index contributed by atoms with van der Waals surface area (Å²) in [6, 6.07) is 8.54. The molecule has 0 spiro atoms. The van der Waals surface area contributed by atoms with Gasteiger partial charge in [-0.05, 0) is 30.3 Å². The first-order valence-electron chi connectivity index (χ1n) is 9.97. The van der Waals surface area contributed by atoms with Crippen molar-refractivity contribution in [2.75, 3.05) is 7.11 Å². The second-order valence-corrected chi connectivity index (χ2v) is 7.32. The Labute approximate surface area is 190 Å². The van der Waals surface area contributed by atoms with E-state index in [9.17, 15) is 31.1 Å². The number of nitrogens with one attached hydrogen (secondary N) is 4. The molecule has 13 heteroatoms. The fourth-order valence-corrected chi connectivity index (χ4v) is 3.15. The lowest BCUT2D eigenvalue weighted by Gasteiger charge is -2.18. The normalized spacial score (nSPS) is 19.1. The summed E-state index contributed by atoms with van der Waals surface area (Å²) in [5, 5.41) is 5.52. The maximum atomic E-state index is 12.9. The van der Waals surface area contributed by atoms with Crippen LogP contribution in [0.5, 0.6) is 5.75 Å². The number of alkyl halides is 6. The van der Waals surface area contributed by atoms with E-state index in [0.29, 0.717) is 11.3 Å². The van der Waals surface area contributed by atoms with Gasteiger partial charge in [0.25, 0.3) is 5.91 Å². The van der Waals surface area contributed by atoms with E-state index in [4.69, 9.17) is 4.74 Å². The van der Waals surface area contributed by atoms with Gasteiger partial charge in [0.1, 0.15) is 11.8 Å². The van der Waals surface area contributed by atoms with Crippen LogP contribution in [0.4, 0.5) is 26.3 Å². The Kier molecular flexibility index (Phi) is 7.67. The van der Waals surface area contributed by atoms with Gasteiger partial charge in [0.15, 0.2) is 0 Å². The molecular weight excluding hydrogens is 468 g/mol. The van der Waals surface area contributed by atoms with E-state index in [1.807, 2.05) is 0 Å². The maximum Gasteiger partial charge on any atom is 0.416 e. The van der Waals surface area contributed by atoms with E-state index < -0.39 is 42.5 Å². The summed E-state index contributed by atoms with van der Waals surface area (Å²) in [4.78, 5) is 16.4. The number of benzene rings is 2. The number of guanidine groups is 1. The standard InChI is InChI=1S/C21H21F6N5O2/c1-34-15-5-3-2-4-13(15)11-28-19(29-17-10-16(31-32-17)21(25,26)27)30-18(33)12-6-8-14(9-7-12)20(22,23)24/h2-9,16-17,31-32H,10-11H2,1H3,(H2,28,29,30,33). The first-order chi connectivity index (χ1) is 16.0. The number of methoxy groups -OCH3 is 1. The Morgan fingerprint density at radius 3 is 2.32 bits per heavy atom. The third-order valence-electron chi connectivity index (χ3n) is 4.92. The number of hydrogen-bond acceptors (Lipinski definition) is 4. The fraction of sp³-hybridized carbons (Fsp3) is 0.333. The molecule has 7 nitrogen and oxygen atoms in total. The van der Waals surface area contributed by atoms with Crippen molar-refractivity contribution in [1.29, 1.82) is 0 Å². The number of hydrogen-bond donors (Lipinski definition) is 4. The Morgan fingerprint density at radius 1 is 1.06 bits per heavy atom. The number of halogens is 6. The highest BCUT2D eigenvalue weighted by molar-refractivity contribution is 6.02. The highest BCUT2D eigenvalue weighted by atomic mass is 19.4. The van der Waals surface area contributed by atoms with Crippen molar-refractivity contribution in [2.45, 2.75) is 37.5 Å². The van der Waals surface area contributed by atoms with Gasteiger partial charge in [0.2, 0.25) is 5.96 Å². The minimum Gasteiger partial charge on any atom is -0.496 e. The van der Waals surface area contributed by atoms with Crippen molar-refractivity contribution in [3.63, 3.8) is 0 Å². The van der Waals surface area contributed by atoms with Crippen LogP contribution in [0, 0.1) is 0 Å². The SMILES string of the molecule is COc1ccccc1CN/C(=N/C(=O)c1ccc(C(F)(F)F)cc1)NC1CC(C(F)(F)F)NN1. The molecule has 184 valence electrons. The van der Waals surface area contributed by atoms with Crippen molar-refractivity contribution in [3.05, 3.63) is 65.2 Å². The highest BCUT2D eigenvalue weighted by Gasteiger charge is 2.44. The number of amides is 1. The summed E-state index contributed by atoms with van der Waals surface area (Å²) < 4.78 is 82.4. The van der Waals surface area contributed by atoms with Crippen LogP contribution in [0.3, 0.4) is 0 Å². The van der Waals surface area contributed by atoms with Crippen molar-refractivity contribution in [2.24, 2.45) is 4.99 Å². The van der Waals surface area contributed by atoms with Gasteiger partial charge in [-0.2, -0.15) is 31.3 Å². The number of para-hydroxylation sites is 1.